The van der Waals surface area contributed by atoms with Gasteiger partial charge in [0.15, 0.2) is 0 Å². The maximum absolute atomic E-state index is 10.5. The van der Waals surface area contributed by atoms with Gasteiger partial charge in [0, 0.05) is 25.5 Å². The molecule has 1 atom stereocenters. The highest BCUT2D eigenvalue weighted by molar-refractivity contribution is 7.89. The average molecular weight is 121 g/mol. The van der Waals surface area contributed by atoms with Crippen LogP contribution in [0.3, 0.4) is 0 Å². The van der Waals surface area contributed by atoms with Crippen LogP contribution in [0.25, 0.3) is 0 Å². The van der Waals surface area contributed by atoms with E-state index in [0.29, 0.717) is 5.75 Å². The third-order valence-electron chi connectivity index (χ3n) is 0.654. The van der Waals surface area contributed by atoms with Gasteiger partial charge in [-0.1, -0.05) is 0 Å². The molecule has 3 heteroatoms. The van der Waals surface area contributed by atoms with Gasteiger partial charge in [-0.2, -0.15) is 0 Å². The van der Waals surface area contributed by atoms with Gasteiger partial charge in [0.05, 0.1) is 0 Å². The van der Waals surface area contributed by atoms with Crippen molar-refractivity contribution < 1.29 is 4.55 Å². The van der Waals surface area contributed by atoms with Crippen molar-refractivity contribution in [2.75, 3.05) is 19.8 Å². The lowest BCUT2D eigenvalue weighted by Crippen LogP contribution is -2.23. The van der Waals surface area contributed by atoms with Gasteiger partial charge in [-0.15, -0.1) is 4.31 Å². The maximum atomic E-state index is 10.5. The van der Waals surface area contributed by atoms with E-state index in [1.54, 1.807) is 18.4 Å². The monoisotopic (exact) mass is 121 g/mol. The Kier molecular flexibility index (Phi) is 3.42. The lowest BCUT2D eigenvalue weighted by atomic mass is 11.0. The molecule has 1 unspecified atom stereocenters. The zero-order chi connectivity index (χ0) is 5.86. The van der Waals surface area contributed by atoms with E-state index in [4.69, 9.17) is 0 Å². The molecule has 0 spiro atoms. The van der Waals surface area contributed by atoms with Gasteiger partial charge in [-0.3, -0.25) is 0 Å². The second-order valence-corrected chi connectivity index (χ2v) is 3.37. The lowest BCUT2D eigenvalue weighted by Gasteiger charge is -2.12. The predicted octanol–water partition coefficient (Wildman–Crippen LogP) is 0.232. The summed E-state index contributed by atoms with van der Waals surface area (Å²) in [5, 5.41) is 0. The van der Waals surface area contributed by atoms with E-state index in [1.165, 1.54) is 0 Å². The molecule has 44 valence electrons. The zero-order valence-electron chi connectivity index (χ0n) is 4.97. The first-order valence-electron chi connectivity index (χ1n) is 2.24. The van der Waals surface area contributed by atoms with Gasteiger partial charge >= 0.3 is 0 Å². The molecule has 0 aliphatic rings. The quantitative estimate of drug-likeness (QED) is 0.489. The molecule has 0 saturated heterocycles. The first kappa shape index (κ1) is 7.27. The summed E-state index contributed by atoms with van der Waals surface area (Å²) in [5.41, 5.74) is 0. The zero-order valence-corrected chi connectivity index (χ0v) is 5.79. The fraction of sp³-hybridized carbons (Fsp3) is 1.00. The summed E-state index contributed by atoms with van der Waals surface area (Å²) in [6, 6.07) is 0. The molecular weight excluding hydrogens is 110 g/mol. The van der Waals surface area contributed by atoms with Crippen molar-refractivity contribution in [3.63, 3.8) is 0 Å². The van der Waals surface area contributed by atoms with Crippen LogP contribution in [0.2, 0.25) is 0 Å². The minimum absolute atomic E-state index is 0.715. The molecule has 0 N–H and O–H groups in total. The smallest absolute Gasteiger partial charge is 0.123 e. The third kappa shape index (κ3) is 2.91. The minimum Gasteiger partial charge on any atom is -0.598 e. The van der Waals surface area contributed by atoms with Crippen molar-refractivity contribution >= 4 is 11.4 Å². The second-order valence-electron chi connectivity index (χ2n) is 1.42. The minimum atomic E-state index is -0.745. The molecule has 0 saturated carbocycles. The van der Waals surface area contributed by atoms with Gasteiger partial charge in [-0.25, -0.2) is 0 Å². The Morgan fingerprint density at radius 1 is 1.57 bits per heavy atom. The number of rotatable bonds is 2. The van der Waals surface area contributed by atoms with Crippen molar-refractivity contribution in [1.82, 2.24) is 4.31 Å². The molecular formula is C4H11NOS. The molecule has 0 rings (SSSR count). The van der Waals surface area contributed by atoms with Crippen LogP contribution >= 0.6 is 0 Å². The normalized spacial score (nSPS) is 15.0. The van der Waals surface area contributed by atoms with Crippen molar-refractivity contribution in [3.8, 4) is 0 Å². The Morgan fingerprint density at radius 3 is 2.00 bits per heavy atom. The highest BCUT2D eigenvalue weighted by atomic mass is 32.2. The molecule has 0 bridgehead atoms. The fourth-order valence-corrected chi connectivity index (χ4v) is 0.775. The van der Waals surface area contributed by atoms with E-state index in [-0.39, 0.29) is 0 Å². The molecule has 0 radical (unpaired) electrons. The Hall–Kier alpha value is 0.270. The van der Waals surface area contributed by atoms with Crippen LogP contribution < -0.4 is 0 Å². The predicted molar refractivity (Wildman–Crippen MR) is 32.4 cm³/mol. The van der Waals surface area contributed by atoms with E-state index in [2.05, 4.69) is 0 Å². The third-order valence-corrected chi connectivity index (χ3v) is 1.96. The van der Waals surface area contributed by atoms with Crippen molar-refractivity contribution in [2.24, 2.45) is 0 Å². The van der Waals surface area contributed by atoms with Gasteiger partial charge < -0.3 is 4.55 Å². The summed E-state index contributed by atoms with van der Waals surface area (Å²) in [4.78, 5) is 0. The van der Waals surface area contributed by atoms with Crippen LogP contribution in [0.4, 0.5) is 0 Å². The average Bonchev–Trinajstić information content (AvgIpc) is 1.65. The summed E-state index contributed by atoms with van der Waals surface area (Å²) in [6.45, 7) is 1.90. The van der Waals surface area contributed by atoms with Gasteiger partial charge in [0.1, 0.15) is 5.75 Å². The topological polar surface area (TPSA) is 26.3 Å². The largest absolute Gasteiger partial charge is 0.598 e. The Bertz CT molecular complexity index is 49.0. The fourth-order valence-electron chi connectivity index (χ4n) is 0.258. The maximum Gasteiger partial charge on any atom is 0.123 e. The first-order valence-corrected chi connectivity index (χ1v) is 3.52. The SMILES string of the molecule is CC[S+]([O-])N(C)C. The summed E-state index contributed by atoms with van der Waals surface area (Å²) >= 11 is -0.745. The molecule has 0 aromatic rings. The molecule has 0 aliphatic carbocycles. The highest BCUT2D eigenvalue weighted by Gasteiger charge is 2.02. The molecule has 0 fully saturated rings. The van der Waals surface area contributed by atoms with Gasteiger partial charge in [0.2, 0.25) is 0 Å². The van der Waals surface area contributed by atoms with Crippen LogP contribution in [0.1, 0.15) is 6.92 Å². The number of hydrogen-bond acceptors (Lipinski definition) is 2. The lowest BCUT2D eigenvalue weighted by molar-refractivity contribution is 0.521. The molecule has 0 heterocycles. The summed E-state index contributed by atoms with van der Waals surface area (Å²) < 4.78 is 12.2. The van der Waals surface area contributed by atoms with E-state index in [9.17, 15) is 4.55 Å². The van der Waals surface area contributed by atoms with Crippen LogP contribution in [-0.4, -0.2) is 28.7 Å². The Labute approximate surface area is 47.8 Å². The van der Waals surface area contributed by atoms with Crippen molar-refractivity contribution in [1.29, 1.82) is 0 Å². The molecule has 0 aromatic carbocycles. The highest BCUT2D eigenvalue weighted by Crippen LogP contribution is 1.90. The van der Waals surface area contributed by atoms with Crippen LogP contribution in [0.5, 0.6) is 0 Å². The van der Waals surface area contributed by atoms with E-state index >= 15 is 0 Å². The van der Waals surface area contributed by atoms with Crippen LogP contribution in [0, 0.1) is 0 Å². The summed E-state index contributed by atoms with van der Waals surface area (Å²) in [7, 11) is 3.61. The molecule has 0 aromatic heterocycles. The van der Waals surface area contributed by atoms with Crippen LogP contribution in [0.15, 0.2) is 0 Å². The van der Waals surface area contributed by atoms with Gasteiger partial charge in [-0.05, 0) is 6.92 Å². The second kappa shape index (κ2) is 3.29. The number of hydrogen-bond donors (Lipinski definition) is 0. The Balaban J connectivity index is 3.14. The van der Waals surface area contributed by atoms with Crippen LogP contribution in [-0.2, 0) is 11.4 Å². The van der Waals surface area contributed by atoms with E-state index < -0.39 is 11.4 Å². The molecule has 0 amide bonds. The van der Waals surface area contributed by atoms with Gasteiger partial charge in [0.25, 0.3) is 0 Å². The molecule has 0 aliphatic heterocycles. The molecule has 7 heavy (non-hydrogen) atoms. The Morgan fingerprint density at radius 2 is 2.00 bits per heavy atom. The van der Waals surface area contributed by atoms with E-state index in [1.807, 2.05) is 6.92 Å². The number of nitrogens with zero attached hydrogens (tertiary/aromatic N) is 1. The standard InChI is InChI=1S/C4H11NOS/c1-4-7(6)5(2)3/h4H2,1-3H3. The summed E-state index contributed by atoms with van der Waals surface area (Å²) in [5.74, 6) is 0.715. The summed E-state index contributed by atoms with van der Waals surface area (Å²) in [6.07, 6.45) is 0. The van der Waals surface area contributed by atoms with E-state index in [0.717, 1.165) is 0 Å². The van der Waals surface area contributed by atoms with Crippen molar-refractivity contribution in [2.45, 2.75) is 6.92 Å². The molecule has 2 nitrogen and oxygen atoms in total. The van der Waals surface area contributed by atoms with Crippen molar-refractivity contribution in [3.05, 3.63) is 0 Å². The first-order chi connectivity index (χ1) is 3.18.